The van der Waals surface area contributed by atoms with Crippen LogP contribution in [0.25, 0.3) is 0 Å². The van der Waals surface area contributed by atoms with Crippen LogP contribution < -0.4 is 10.5 Å². The number of aliphatic hydroxyl groups excluding tert-OH is 1. The van der Waals surface area contributed by atoms with Crippen LogP contribution in [0.3, 0.4) is 0 Å². The van der Waals surface area contributed by atoms with E-state index in [9.17, 15) is 5.11 Å². The van der Waals surface area contributed by atoms with E-state index in [2.05, 4.69) is 13.0 Å². The van der Waals surface area contributed by atoms with Crippen molar-refractivity contribution in [1.29, 1.82) is 0 Å². The Balaban J connectivity index is 3.50. The zero-order valence-corrected chi connectivity index (χ0v) is 12.8. The van der Waals surface area contributed by atoms with Gasteiger partial charge < -0.3 is 15.6 Å². The highest BCUT2D eigenvalue weighted by Gasteiger charge is 2.28. The Bertz CT molecular complexity index is 444. The maximum atomic E-state index is 10.2. The molecular formula is C15H26N2O2. The van der Waals surface area contributed by atoms with Crippen molar-refractivity contribution in [2.24, 2.45) is 5.73 Å². The molecule has 0 heterocycles. The van der Waals surface area contributed by atoms with Crippen LogP contribution in [0.4, 0.5) is 0 Å². The number of hydrogen-bond donors (Lipinski definition) is 2. The first kappa shape index (κ1) is 16.0. The van der Waals surface area contributed by atoms with Crippen molar-refractivity contribution in [1.82, 2.24) is 4.90 Å². The molecular weight excluding hydrogens is 240 g/mol. The van der Waals surface area contributed by atoms with E-state index in [-0.39, 0.29) is 12.6 Å². The molecule has 0 aromatic heterocycles. The van der Waals surface area contributed by atoms with Crippen LogP contribution >= 0.6 is 0 Å². The fourth-order valence-electron chi connectivity index (χ4n) is 2.63. The van der Waals surface area contributed by atoms with E-state index in [1.54, 1.807) is 7.11 Å². The zero-order valence-electron chi connectivity index (χ0n) is 12.8. The molecule has 0 aliphatic rings. The highest BCUT2D eigenvalue weighted by molar-refractivity contribution is 5.51. The highest BCUT2D eigenvalue weighted by atomic mass is 16.5. The van der Waals surface area contributed by atoms with E-state index < -0.39 is 6.10 Å². The monoisotopic (exact) mass is 266 g/mol. The van der Waals surface area contributed by atoms with Gasteiger partial charge in [-0.15, -0.1) is 0 Å². The van der Waals surface area contributed by atoms with Gasteiger partial charge in [-0.3, -0.25) is 4.90 Å². The number of nitrogens with two attached hydrogens (primary N) is 1. The lowest BCUT2D eigenvalue weighted by molar-refractivity contribution is 0.0803. The van der Waals surface area contributed by atoms with E-state index in [4.69, 9.17) is 10.5 Å². The van der Waals surface area contributed by atoms with Crippen molar-refractivity contribution in [3.8, 4) is 5.75 Å². The van der Waals surface area contributed by atoms with Crippen molar-refractivity contribution in [3.63, 3.8) is 0 Å². The first-order valence-electron chi connectivity index (χ1n) is 6.54. The van der Waals surface area contributed by atoms with Gasteiger partial charge in [-0.2, -0.15) is 0 Å². The third-order valence-electron chi connectivity index (χ3n) is 3.70. The smallest absolute Gasteiger partial charge is 0.127 e. The Morgan fingerprint density at radius 1 is 1.26 bits per heavy atom. The fraction of sp³-hybridized carbons (Fsp3) is 0.600. The second-order valence-electron chi connectivity index (χ2n) is 5.29. The molecule has 0 aliphatic carbocycles. The molecule has 0 fully saturated rings. The number of ether oxygens (including phenoxy) is 1. The van der Waals surface area contributed by atoms with Gasteiger partial charge in [-0.05, 0) is 51.6 Å². The predicted molar refractivity (Wildman–Crippen MR) is 78.7 cm³/mol. The second-order valence-corrected chi connectivity index (χ2v) is 5.29. The molecule has 4 nitrogen and oxygen atoms in total. The molecule has 0 radical (unpaired) electrons. The summed E-state index contributed by atoms with van der Waals surface area (Å²) in [5, 5.41) is 10.2. The number of aliphatic hydroxyl groups is 1. The molecule has 3 N–H and O–H groups in total. The van der Waals surface area contributed by atoms with Crippen LogP contribution in [0.1, 0.15) is 28.3 Å². The summed E-state index contributed by atoms with van der Waals surface area (Å²) >= 11 is 0. The van der Waals surface area contributed by atoms with Crippen LogP contribution in [0.15, 0.2) is 6.07 Å². The number of methoxy groups -OCH3 is 1. The summed E-state index contributed by atoms with van der Waals surface area (Å²) in [6, 6.07) is 1.96. The highest BCUT2D eigenvalue weighted by Crippen LogP contribution is 2.37. The van der Waals surface area contributed by atoms with Gasteiger partial charge in [-0.1, -0.05) is 6.07 Å². The van der Waals surface area contributed by atoms with Gasteiger partial charge in [0.05, 0.1) is 19.3 Å². The lowest BCUT2D eigenvalue weighted by Gasteiger charge is -2.32. The number of rotatable bonds is 5. The van der Waals surface area contributed by atoms with Crippen LogP contribution in [0.2, 0.25) is 0 Å². The number of benzene rings is 1. The number of hydrogen-bond acceptors (Lipinski definition) is 4. The van der Waals surface area contributed by atoms with E-state index in [0.29, 0.717) is 0 Å². The van der Waals surface area contributed by atoms with E-state index in [1.807, 2.05) is 32.8 Å². The van der Waals surface area contributed by atoms with Gasteiger partial charge in [0.25, 0.3) is 0 Å². The maximum Gasteiger partial charge on any atom is 0.127 e. The quantitative estimate of drug-likeness (QED) is 0.849. The normalized spacial score (nSPS) is 14.6. The number of aryl methyl sites for hydroxylation is 2. The maximum absolute atomic E-state index is 10.2. The topological polar surface area (TPSA) is 58.7 Å². The molecule has 4 heteroatoms. The molecule has 1 aromatic rings. The fourth-order valence-corrected chi connectivity index (χ4v) is 2.63. The summed E-state index contributed by atoms with van der Waals surface area (Å²) in [7, 11) is 5.56. The minimum Gasteiger partial charge on any atom is -0.496 e. The Morgan fingerprint density at radius 3 is 2.26 bits per heavy atom. The molecule has 1 rings (SSSR count). The van der Waals surface area contributed by atoms with Crippen LogP contribution in [0.5, 0.6) is 5.75 Å². The summed E-state index contributed by atoms with van der Waals surface area (Å²) in [6.45, 7) is 6.37. The van der Waals surface area contributed by atoms with Crippen LogP contribution in [0, 0.1) is 20.8 Å². The van der Waals surface area contributed by atoms with Gasteiger partial charge in [0.1, 0.15) is 5.75 Å². The lowest BCUT2D eigenvalue weighted by atomic mass is 9.90. The van der Waals surface area contributed by atoms with Crippen molar-refractivity contribution < 1.29 is 9.84 Å². The molecule has 0 saturated carbocycles. The predicted octanol–water partition coefficient (Wildman–Crippen LogP) is 1.54. The largest absolute Gasteiger partial charge is 0.496 e. The Labute approximate surface area is 116 Å². The molecule has 0 bridgehead atoms. The zero-order chi connectivity index (χ0) is 14.7. The molecule has 1 aromatic carbocycles. The third-order valence-corrected chi connectivity index (χ3v) is 3.70. The van der Waals surface area contributed by atoms with Gasteiger partial charge in [-0.25, -0.2) is 0 Å². The number of nitrogens with zero attached hydrogens (tertiary/aromatic N) is 1. The molecule has 0 aliphatic heterocycles. The van der Waals surface area contributed by atoms with E-state index in [0.717, 1.165) is 22.4 Å². The van der Waals surface area contributed by atoms with Crippen LogP contribution in [-0.4, -0.2) is 43.9 Å². The summed E-state index contributed by atoms with van der Waals surface area (Å²) < 4.78 is 5.58. The van der Waals surface area contributed by atoms with Crippen LogP contribution in [-0.2, 0) is 0 Å². The van der Waals surface area contributed by atoms with Gasteiger partial charge in [0.2, 0.25) is 0 Å². The second kappa shape index (κ2) is 6.37. The molecule has 0 amide bonds. The summed E-state index contributed by atoms with van der Waals surface area (Å²) in [5.41, 5.74) is 10.1. The molecule has 2 unspecified atom stereocenters. The molecule has 108 valence electrons. The summed E-state index contributed by atoms with van der Waals surface area (Å²) in [6.07, 6.45) is -0.621. The molecule has 0 spiro atoms. The molecule has 2 atom stereocenters. The third kappa shape index (κ3) is 3.08. The minimum absolute atomic E-state index is 0.167. The SMILES string of the molecule is COc1c(C)c(C)cc(C)c1C(C(O)CN)N(C)C. The molecule has 0 saturated heterocycles. The van der Waals surface area contributed by atoms with E-state index in [1.165, 1.54) is 5.56 Å². The van der Waals surface area contributed by atoms with E-state index >= 15 is 0 Å². The summed E-state index contributed by atoms with van der Waals surface area (Å²) in [4.78, 5) is 1.98. The molecule has 19 heavy (non-hydrogen) atoms. The minimum atomic E-state index is -0.621. The first-order valence-corrected chi connectivity index (χ1v) is 6.54. The lowest BCUT2D eigenvalue weighted by Crippen LogP contribution is -2.37. The Kier molecular flexibility index (Phi) is 5.35. The Morgan fingerprint density at radius 2 is 1.84 bits per heavy atom. The standard InChI is InChI=1S/C15H26N2O2/c1-9-7-10(2)13(15(19-6)11(9)3)14(17(4)5)12(18)8-16/h7,12,14,18H,8,16H2,1-6H3. The van der Waals surface area contributed by atoms with Gasteiger partial charge in [0, 0.05) is 12.1 Å². The first-order chi connectivity index (χ1) is 8.84. The van der Waals surface area contributed by atoms with Gasteiger partial charge >= 0.3 is 0 Å². The van der Waals surface area contributed by atoms with Gasteiger partial charge in [0.15, 0.2) is 0 Å². The Hall–Kier alpha value is -1.10. The van der Waals surface area contributed by atoms with Crippen molar-refractivity contribution in [2.75, 3.05) is 27.7 Å². The average Bonchev–Trinajstić information content (AvgIpc) is 2.35. The van der Waals surface area contributed by atoms with Crippen molar-refractivity contribution >= 4 is 0 Å². The number of likely N-dealkylation sites (N-methyl/N-ethyl adjacent to an activating group) is 1. The average molecular weight is 266 g/mol. The van der Waals surface area contributed by atoms with Crippen molar-refractivity contribution in [2.45, 2.75) is 32.9 Å². The van der Waals surface area contributed by atoms with Crippen molar-refractivity contribution in [3.05, 3.63) is 28.3 Å². The summed E-state index contributed by atoms with van der Waals surface area (Å²) in [5.74, 6) is 0.851.